The zero-order chi connectivity index (χ0) is 14.5. The van der Waals surface area contributed by atoms with Crippen molar-refractivity contribution in [3.8, 4) is 0 Å². The maximum absolute atomic E-state index is 12.4. The fraction of sp³-hybridized carbons (Fsp3) is 0.571. The monoisotopic (exact) mass is 295 g/mol. The van der Waals surface area contributed by atoms with Crippen molar-refractivity contribution in [2.45, 2.75) is 32.4 Å². The predicted molar refractivity (Wildman–Crippen MR) is 79.8 cm³/mol. The van der Waals surface area contributed by atoms with Gasteiger partial charge < -0.3 is 15.5 Å². The van der Waals surface area contributed by atoms with Gasteiger partial charge in [-0.2, -0.15) is 0 Å². The van der Waals surface area contributed by atoms with Crippen molar-refractivity contribution in [2.24, 2.45) is 0 Å². The van der Waals surface area contributed by atoms with E-state index in [4.69, 9.17) is 0 Å². The third-order valence-corrected chi connectivity index (χ3v) is 4.57. The fourth-order valence-corrected chi connectivity index (χ4v) is 3.27. The van der Waals surface area contributed by atoms with Crippen LogP contribution in [0, 0.1) is 0 Å². The summed E-state index contributed by atoms with van der Waals surface area (Å²) in [6.07, 6.45) is 2.17. The second-order valence-electron chi connectivity index (χ2n) is 5.05. The molecule has 1 atom stereocenters. The quantitative estimate of drug-likeness (QED) is 0.877. The number of thiophene rings is 1. The van der Waals surface area contributed by atoms with E-state index >= 15 is 0 Å². The first-order valence-electron chi connectivity index (χ1n) is 6.90. The van der Waals surface area contributed by atoms with Crippen LogP contribution in [0.1, 0.15) is 34.3 Å². The molecule has 1 aliphatic rings. The van der Waals surface area contributed by atoms with E-state index in [1.807, 2.05) is 24.1 Å². The molecule has 2 amide bonds. The molecule has 0 saturated carbocycles. The number of likely N-dealkylation sites (tertiary alicyclic amines) is 1. The van der Waals surface area contributed by atoms with Crippen molar-refractivity contribution in [3.63, 3.8) is 0 Å². The molecule has 1 aromatic rings. The molecule has 0 spiro atoms. The fourth-order valence-electron chi connectivity index (χ4n) is 2.35. The Hall–Kier alpha value is -1.40. The van der Waals surface area contributed by atoms with Crippen LogP contribution < -0.4 is 10.6 Å². The lowest BCUT2D eigenvalue weighted by Crippen LogP contribution is -2.46. The number of nitrogens with zero attached hydrogens (tertiary/aromatic N) is 1. The predicted octanol–water partition coefficient (Wildman–Crippen LogP) is 1.21. The molecule has 0 aromatic carbocycles. The molecule has 0 aliphatic carbocycles. The number of carbonyl (C=O) groups excluding carboxylic acids is 2. The third-order valence-electron chi connectivity index (χ3n) is 3.50. The summed E-state index contributed by atoms with van der Waals surface area (Å²) in [5.74, 6) is 0.0446. The normalized spacial score (nSPS) is 18.9. The Kier molecular flexibility index (Phi) is 5.14. The first-order valence-corrected chi connectivity index (χ1v) is 7.71. The van der Waals surface area contributed by atoms with Gasteiger partial charge in [-0.05, 0) is 32.0 Å². The molecule has 2 heterocycles. The first-order chi connectivity index (χ1) is 9.60. The van der Waals surface area contributed by atoms with Gasteiger partial charge in [0.2, 0.25) is 5.91 Å². The number of hydrogen-bond donors (Lipinski definition) is 2. The number of nitrogens with one attached hydrogen (secondary N) is 2. The average molecular weight is 295 g/mol. The molecule has 1 aliphatic heterocycles. The summed E-state index contributed by atoms with van der Waals surface area (Å²) < 4.78 is 0. The van der Waals surface area contributed by atoms with E-state index in [0.717, 1.165) is 35.7 Å². The third kappa shape index (κ3) is 3.80. The second kappa shape index (κ2) is 6.85. The topological polar surface area (TPSA) is 61.4 Å². The number of rotatable bonds is 4. The molecule has 0 radical (unpaired) electrons. The Balaban J connectivity index is 1.96. The van der Waals surface area contributed by atoms with E-state index in [-0.39, 0.29) is 11.8 Å². The Morgan fingerprint density at radius 3 is 2.95 bits per heavy atom. The number of piperidine rings is 1. The summed E-state index contributed by atoms with van der Waals surface area (Å²) in [6.45, 7) is 3.59. The SMILES string of the molecule is CNC1CCCN(C(=O)c2ccc(CNC(C)=O)s2)C1. The molecule has 1 aromatic heterocycles. The van der Waals surface area contributed by atoms with Crippen LogP contribution in [0.3, 0.4) is 0 Å². The standard InChI is InChI=1S/C14H21N3O2S/c1-10(18)16-8-12-5-6-13(20-12)14(19)17-7-3-4-11(9-17)15-2/h5-6,11,15H,3-4,7-9H2,1-2H3,(H,16,18). The summed E-state index contributed by atoms with van der Waals surface area (Å²) in [5.41, 5.74) is 0. The van der Waals surface area contributed by atoms with E-state index in [9.17, 15) is 9.59 Å². The zero-order valence-electron chi connectivity index (χ0n) is 11.9. The van der Waals surface area contributed by atoms with Crippen LogP contribution in [0.25, 0.3) is 0 Å². The maximum Gasteiger partial charge on any atom is 0.263 e. The van der Waals surface area contributed by atoms with Crippen molar-refractivity contribution >= 4 is 23.2 Å². The van der Waals surface area contributed by atoms with Crippen molar-refractivity contribution < 1.29 is 9.59 Å². The van der Waals surface area contributed by atoms with Crippen LogP contribution in [-0.2, 0) is 11.3 Å². The molecule has 1 fully saturated rings. The van der Waals surface area contributed by atoms with Gasteiger partial charge in [0.1, 0.15) is 0 Å². The van der Waals surface area contributed by atoms with Gasteiger partial charge in [0.05, 0.1) is 11.4 Å². The molecule has 20 heavy (non-hydrogen) atoms. The van der Waals surface area contributed by atoms with Crippen LogP contribution in [-0.4, -0.2) is 42.9 Å². The number of amides is 2. The average Bonchev–Trinajstić information content (AvgIpc) is 2.93. The number of likely N-dealkylation sites (N-methyl/N-ethyl adjacent to an activating group) is 1. The molecule has 1 saturated heterocycles. The Morgan fingerprint density at radius 2 is 2.25 bits per heavy atom. The zero-order valence-corrected chi connectivity index (χ0v) is 12.8. The highest BCUT2D eigenvalue weighted by atomic mass is 32.1. The van der Waals surface area contributed by atoms with Crippen molar-refractivity contribution in [1.29, 1.82) is 0 Å². The Bertz CT molecular complexity index is 487. The molecule has 6 heteroatoms. The van der Waals surface area contributed by atoms with Crippen LogP contribution in [0.4, 0.5) is 0 Å². The van der Waals surface area contributed by atoms with Gasteiger partial charge in [0.15, 0.2) is 0 Å². The van der Waals surface area contributed by atoms with Gasteiger partial charge in [0.25, 0.3) is 5.91 Å². The molecular formula is C14H21N3O2S. The molecule has 110 valence electrons. The van der Waals surface area contributed by atoms with E-state index in [2.05, 4.69) is 10.6 Å². The maximum atomic E-state index is 12.4. The van der Waals surface area contributed by atoms with Crippen LogP contribution in [0.5, 0.6) is 0 Å². The molecular weight excluding hydrogens is 274 g/mol. The summed E-state index contributed by atoms with van der Waals surface area (Å²) in [6, 6.07) is 4.16. The lowest BCUT2D eigenvalue weighted by molar-refractivity contribution is -0.119. The molecule has 2 rings (SSSR count). The van der Waals surface area contributed by atoms with Gasteiger partial charge in [-0.1, -0.05) is 0 Å². The van der Waals surface area contributed by atoms with Crippen LogP contribution >= 0.6 is 11.3 Å². The summed E-state index contributed by atoms with van der Waals surface area (Å²) in [7, 11) is 1.94. The van der Waals surface area contributed by atoms with E-state index in [1.54, 1.807) is 0 Å². The van der Waals surface area contributed by atoms with E-state index < -0.39 is 0 Å². The molecule has 5 nitrogen and oxygen atoms in total. The highest BCUT2D eigenvalue weighted by Crippen LogP contribution is 2.20. The minimum Gasteiger partial charge on any atom is -0.351 e. The van der Waals surface area contributed by atoms with Gasteiger partial charge in [-0.15, -0.1) is 11.3 Å². The summed E-state index contributed by atoms with van der Waals surface area (Å²) >= 11 is 1.46. The van der Waals surface area contributed by atoms with Gasteiger partial charge in [-0.3, -0.25) is 9.59 Å². The van der Waals surface area contributed by atoms with Crippen LogP contribution in [0.2, 0.25) is 0 Å². The van der Waals surface area contributed by atoms with Gasteiger partial charge in [0, 0.05) is 30.9 Å². The van der Waals surface area contributed by atoms with Gasteiger partial charge >= 0.3 is 0 Å². The van der Waals surface area contributed by atoms with E-state index in [1.165, 1.54) is 18.3 Å². The lowest BCUT2D eigenvalue weighted by atomic mass is 10.1. The van der Waals surface area contributed by atoms with Crippen LogP contribution in [0.15, 0.2) is 12.1 Å². The lowest BCUT2D eigenvalue weighted by Gasteiger charge is -2.32. The highest BCUT2D eigenvalue weighted by molar-refractivity contribution is 7.14. The smallest absolute Gasteiger partial charge is 0.263 e. The first kappa shape index (κ1) is 15.0. The largest absolute Gasteiger partial charge is 0.351 e. The number of carbonyl (C=O) groups is 2. The van der Waals surface area contributed by atoms with Crippen molar-refractivity contribution in [1.82, 2.24) is 15.5 Å². The summed E-state index contributed by atoms with van der Waals surface area (Å²) in [5, 5.41) is 5.99. The highest BCUT2D eigenvalue weighted by Gasteiger charge is 2.24. The minimum absolute atomic E-state index is 0.0563. The summed E-state index contributed by atoms with van der Waals surface area (Å²) in [4.78, 5) is 27.0. The second-order valence-corrected chi connectivity index (χ2v) is 6.22. The minimum atomic E-state index is -0.0563. The molecule has 0 bridgehead atoms. The number of hydrogen-bond acceptors (Lipinski definition) is 4. The van der Waals surface area contributed by atoms with Gasteiger partial charge in [-0.25, -0.2) is 0 Å². The van der Waals surface area contributed by atoms with Crippen molar-refractivity contribution in [3.05, 3.63) is 21.9 Å². The molecule has 2 N–H and O–H groups in total. The van der Waals surface area contributed by atoms with Crippen molar-refractivity contribution in [2.75, 3.05) is 20.1 Å². The van der Waals surface area contributed by atoms with E-state index in [0.29, 0.717) is 12.6 Å². The molecule has 1 unspecified atom stereocenters. The Morgan fingerprint density at radius 1 is 1.45 bits per heavy atom. The Labute approximate surface area is 123 Å².